The van der Waals surface area contributed by atoms with Crippen LogP contribution in [0, 0.1) is 6.92 Å². The number of aryl methyl sites for hydroxylation is 1. The zero-order valence-corrected chi connectivity index (χ0v) is 24.2. The molecule has 0 aromatic heterocycles. The van der Waals surface area contributed by atoms with Gasteiger partial charge in [0, 0.05) is 0 Å². The van der Waals surface area contributed by atoms with Crippen LogP contribution in [0.5, 0.6) is 0 Å². The van der Waals surface area contributed by atoms with Crippen molar-refractivity contribution in [2.24, 2.45) is 4.99 Å². The fourth-order valence-electron chi connectivity index (χ4n) is 3.03. The zero-order valence-electron chi connectivity index (χ0n) is 17.9. The second kappa shape index (κ2) is 12.4. The first-order valence-electron chi connectivity index (χ1n) is 10.3. The van der Waals surface area contributed by atoms with Crippen molar-refractivity contribution in [3.8, 4) is 0 Å². The SMILES string of the molecule is Cc1ccc(N=C(c2ccc(Cl)cc2)[N](C)[Hg][c]2ccccc2)cc1.c1ccccc1. The fourth-order valence-corrected chi connectivity index (χ4v) is 8.73. The summed E-state index contributed by atoms with van der Waals surface area (Å²) in [5.41, 5.74) is 3.32. The molecule has 0 saturated heterocycles. The average Bonchev–Trinajstić information content (AvgIpc) is 2.81. The first kappa shape index (κ1) is 23.2. The van der Waals surface area contributed by atoms with Crippen molar-refractivity contribution in [3.63, 3.8) is 0 Å². The molecule has 0 radical (unpaired) electrons. The van der Waals surface area contributed by atoms with E-state index in [2.05, 4.69) is 71.2 Å². The van der Waals surface area contributed by atoms with Crippen molar-refractivity contribution >= 4 is 26.2 Å². The summed E-state index contributed by atoms with van der Waals surface area (Å²) in [5, 5.41) is 0.744. The minimum Gasteiger partial charge on any atom is -0.0623 e. The number of nitrogens with zero attached hydrogens (tertiary/aromatic N) is 2. The fraction of sp³-hybridized carbons (Fsp3) is 0.0741. The predicted molar refractivity (Wildman–Crippen MR) is 129 cm³/mol. The van der Waals surface area contributed by atoms with Gasteiger partial charge < -0.3 is 0 Å². The Labute approximate surface area is 203 Å². The first-order chi connectivity index (χ1) is 15.1. The van der Waals surface area contributed by atoms with Gasteiger partial charge in [-0.05, 0) is 0 Å². The van der Waals surface area contributed by atoms with Crippen molar-refractivity contribution in [2.75, 3.05) is 7.05 Å². The summed E-state index contributed by atoms with van der Waals surface area (Å²) in [4.78, 5) is 4.95. The standard InChI is InChI=1S/C15H14ClN2.C6H6.C6H5.Hg/c1-11-3-9-14(10-4-11)18-15(17-2)12-5-7-13(16)8-6-12;2*1-2-4-6-5-3-1;/h3-10H,1-2H3;1-6H;1-5H;/q-1;;;+1. The molecule has 0 unspecified atom stereocenters. The molecular weight excluding hydrogens is 588 g/mol. The van der Waals surface area contributed by atoms with Gasteiger partial charge in [0.1, 0.15) is 0 Å². The van der Waals surface area contributed by atoms with Crippen molar-refractivity contribution in [2.45, 2.75) is 6.92 Å². The normalized spacial score (nSPS) is 10.5. The molecule has 2 nitrogen and oxygen atoms in total. The number of amidine groups is 1. The molecule has 0 N–H and O–H groups in total. The van der Waals surface area contributed by atoms with Gasteiger partial charge in [-0.25, -0.2) is 0 Å². The number of rotatable bonds is 4. The van der Waals surface area contributed by atoms with Gasteiger partial charge in [0.2, 0.25) is 0 Å². The molecule has 0 atom stereocenters. The summed E-state index contributed by atoms with van der Waals surface area (Å²) in [5.74, 6) is 1.02. The zero-order chi connectivity index (χ0) is 21.9. The molecule has 4 rings (SSSR count). The maximum Gasteiger partial charge on any atom is -0.0623 e. The van der Waals surface area contributed by atoms with Gasteiger partial charge in [-0.1, -0.05) is 36.4 Å². The topological polar surface area (TPSA) is 15.6 Å². The van der Waals surface area contributed by atoms with E-state index in [1.165, 1.54) is 8.64 Å². The summed E-state index contributed by atoms with van der Waals surface area (Å²) < 4.78 is 3.86. The number of hydrogen-bond acceptors (Lipinski definition) is 1. The second-order valence-corrected chi connectivity index (χ2v) is 15.8. The summed E-state index contributed by atoms with van der Waals surface area (Å²) in [6.07, 6.45) is 0. The van der Waals surface area contributed by atoms with Crippen LogP contribution in [0.4, 0.5) is 5.69 Å². The third-order valence-electron chi connectivity index (χ3n) is 4.66. The quantitative estimate of drug-likeness (QED) is 0.143. The molecule has 0 spiro atoms. The van der Waals surface area contributed by atoms with Gasteiger partial charge in [-0.15, -0.1) is 0 Å². The van der Waals surface area contributed by atoms with Gasteiger partial charge >= 0.3 is 168 Å². The molecule has 0 bridgehead atoms. The Balaban J connectivity index is 0.000000391. The maximum absolute atomic E-state index is 6.06. The molecule has 0 aliphatic carbocycles. The minimum absolute atomic E-state index is 0.744. The molecule has 0 amide bonds. The van der Waals surface area contributed by atoms with Gasteiger partial charge in [0.15, 0.2) is 0 Å². The Morgan fingerprint density at radius 3 is 1.77 bits per heavy atom. The molecule has 4 heteroatoms. The number of halogens is 1. The third-order valence-corrected chi connectivity index (χ3v) is 11.2. The minimum atomic E-state index is -1.50. The van der Waals surface area contributed by atoms with E-state index >= 15 is 0 Å². The van der Waals surface area contributed by atoms with Crippen molar-refractivity contribution in [1.82, 2.24) is 2.66 Å². The van der Waals surface area contributed by atoms with Crippen LogP contribution in [-0.4, -0.2) is 15.5 Å². The summed E-state index contributed by atoms with van der Waals surface area (Å²) >= 11 is 4.56. The Kier molecular flexibility index (Phi) is 9.32. The summed E-state index contributed by atoms with van der Waals surface area (Å²) in [6.45, 7) is 2.09. The van der Waals surface area contributed by atoms with Gasteiger partial charge in [0.05, 0.1) is 0 Å². The van der Waals surface area contributed by atoms with Gasteiger partial charge in [-0.3, -0.25) is 0 Å². The molecule has 4 aromatic carbocycles. The molecule has 0 fully saturated rings. The second-order valence-electron chi connectivity index (χ2n) is 7.27. The van der Waals surface area contributed by atoms with Gasteiger partial charge in [-0.2, -0.15) is 0 Å². The Hall–Kier alpha value is -2.42. The van der Waals surface area contributed by atoms with Crippen LogP contribution in [0.25, 0.3) is 0 Å². The van der Waals surface area contributed by atoms with Crippen LogP contribution in [0.2, 0.25) is 5.02 Å². The van der Waals surface area contributed by atoms with Crippen LogP contribution >= 0.6 is 11.6 Å². The predicted octanol–water partition coefficient (Wildman–Crippen LogP) is 6.67. The molecule has 4 aromatic rings. The van der Waals surface area contributed by atoms with Crippen LogP contribution in [0.1, 0.15) is 11.1 Å². The Morgan fingerprint density at radius 1 is 0.710 bits per heavy atom. The molecule has 31 heavy (non-hydrogen) atoms. The Morgan fingerprint density at radius 2 is 1.23 bits per heavy atom. The van der Waals surface area contributed by atoms with E-state index in [0.717, 1.165) is 22.1 Å². The van der Waals surface area contributed by atoms with Crippen molar-refractivity contribution in [1.29, 1.82) is 0 Å². The van der Waals surface area contributed by atoms with E-state index in [1.807, 2.05) is 60.7 Å². The molecule has 0 aliphatic rings. The van der Waals surface area contributed by atoms with Crippen LogP contribution in [0.15, 0.2) is 120 Å². The summed E-state index contributed by atoms with van der Waals surface area (Å²) in [6, 6.07) is 39.0. The molecule has 152 valence electrons. The third kappa shape index (κ3) is 7.97. The van der Waals surface area contributed by atoms with Crippen molar-refractivity contribution in [3.05, 3.63) is 131 Å². The van der Waals surface area contributed by atoms with E-state index in [0.29, 0.717) is 0 Å². The van der Waals surface area contributed by atoms with Crippen molar-refractivity contribution < 1.29 is 24.9 Å². The smallest absolute Gasteiger partial charge is 0.0623 e. The van der Waals surface area contributed by atoms with Crippen LogP contribution in [0.3, 0.4) is 0 Å². The first-order valence-corrected chi connectivity index (χ1v) is 15.9. The number of aliphatic imine (C=N–C) groups is 1. The number of hydrogen-bond donors (Lipinski definition) is 0. The average molecular weight is 614 g/mol. The van der Waals surface area contributed by atoms with E-state index < -0.39 is 24.9 Å². The molecular formula is C27H25ClHgN2. The molecule has 0 saturated carbocycles. The van der Waals surface area contributed by atoms with E-state index in [4.69, 9.17) is 16.6 Å². The Bertz CT molecular complexity index is 1040. The van der Waals surface area contributed by atoms with Crippen LogP contribution in [-0.2, 0) is 24.9 Å². The maximum atomic E-state index is 6.06. The number of benzene rings is 4. The monoisotopic (exact) mass is 614 g/mol. The van der Waals surface area contributed by atoms with Crippen LogP contribution < -0.4 is 3.07 Å². The molecule has 0 aliphatic heterocycles. The van der Waals surface area contributed by atoms with E-state index in [1.54, 1.807) is 0 Å². The molecule has 0 heterocycles. The van der Waals surface area contributed by atoms with E-state index in [9.17, 15) is 0 Å². The van der Waals surface area contributed by atoms with E-state index in [-0.39, 0.29) is 0 Å². The summed E-state index contributed by atoms with van der Waals surface area (Å²) in [7, 11) is 2.16. The van der Waals surface area contributed by atoms with Gasteiger partial charge in [0.25, 0.3) is 0 Å². The largest absolute Gasteiger partial charge is 0.0623 e.